The number of fused-ring (bicyclic) bond motifs is 5. The standard InChI is InChI=1S/C34H27N3/c1-2-4-13-32-30(11-3-1)36-34(33-23-28-9-5-6-12-31(28)37(32)33)27-20-16-25(17-21-27)24-14-18-26(19-15-24)29-10-7-8-22-35-29/h5-6,9-10,12-23,30H,1-2,4,7-8H2/b32-13+. The van der Waals surface area contributed by atoms with Gasteiger partial charge in [0.05, 0.1) is 28.3 Å². The number of nitrogens with zero attached hydrogens (tertiary/aromatic N) is 3. The monoisotopic (exact) mass is 477 g/mol. The van der Waals surface area contributed by atoms with Gasteiger partial charge in [0.1, 0.15) is 0 Å². The lowest BCUT2D eigenvalue weighted by Crippen LogP contribution is -2.25. The van der Waals surface area contributed by atoms with Crippen LogP contribution in [0.3, 0.4) is 0 Å². The summed E-state index contributed by atoms with van der Waals surface area (Å²) in [4.78, 5) is 9.76. The van der Waals surface area contributed by atoms with Crippen LogP contribution in [-0.2, 0) is 0 Å². The molecule has 0 bridgehead atoms. The molecule has 3 heterocycles. The summed E-state index contributed by atoms with van der Waals surface area (Å²) in [6.07, 6.45) is 11.7. The zero-order valence-electron chi connectivity index (χ0n) is 20.7. The van der Waals surface area contributed by atoms with Crippen LogP contribution >= 0.6 is 0 Å². The third-order valence-electron chi connectivity index (χ3n) is 7.38. The maximum atomic E-state index is 5.21. The molecule has 0 spiro atoms. The smallest absolute Gasteiger partial charge is 0.151 e. The second kappa shape index (κ2) is 9.22. The maximum Gasteiger partial charge on any atom is 0.151 e. The Morgan fingerprint density at radius 3 is 2.30 bits per heavy atom. The number of hydrogen-bond acceptors (Lipinski definition) is 2. The van der Waals surface area contributed by atoms with E-state index in [2.05, 4.69) is 112 Å². The second-order valence-electron chi connectivity index (χ2n) is 9.78. The highest BCUT2D eigenvalue weighted by Gasteiger charge is 2.27. The average molecular weight is 478 g/mol. The summed E-state index contributed by atoms with van der Waals surface area (Å²) in [5, 5.41) is 1.23. The molecule has 4 aromatic rings. The van der Waals surface area contributed by atoms with Gasteiger partial charge in [-0.3, -0.25) is 9.98 Å². The van der Waals surface area contributed by atoms with Gasteiger partial charge >= 0.3 is 0 Å². The first kappa shape index (κ1) is 21.8. The largest absolute Gasteiger partial charge is 0.309 e. The topological polar surface area (TPSA) is 29.6 Å². The van der Waals surface area contributed by atoms with Crippen LogP contribution in [0.4, 0.5) is 0 Å². The molecule has 3 aliphatic rings. The molecule has 37 heavy (non-hydrogen) atoms. The van der Waals surface area contributed by atoms with Crippen LogP contribution in [0.2, 0.25) is 0 Å². The molecule has 1 atom stereocenters. The SMILES string of the molecule is C1#CC2N=C(c3ccc(-c4ccc(C5=CCCC=N5)cc4)cc3)c3cc4ccccc4n3/C2=C/CCC1. The Hall–Kier alpha value is -4.42. The molecule has 0 N–H and O–H groups in total. The van der Waals surface area contributed by atoms with Gasteiger partial charge in [-0.2, -0.15) is 0 Å². The summed E-state index contributed by atoms with van der Waals surface area (Å²) in [7, 11) is 0. The van der Waals surface area contributed by atoms with E-state index in [0.29, 0.717) is 0 Å². The van der Waals surface area contributed by atoms with Crippen molar-refractivity contribution in [3.05, 3.63) is 108 Å². The first-order valence-electron chi connectivity index (χ1n) is 13.2. The van der Waals surface area contributed by atoms with E-state index >= 15 is 0 Å². The predicted octanol–water partition coefficient (Wildman–Crippen LogP) is 7.76. The van der Waals surface area contributed by atoms with Crippen molar-refractivity contribution < 1.29 is 0 Å². The minimum atomic E-state index is -0.137. The van der Waals surface area contributed by atoms with E-state index in [1.165, 1.54) is 33.3 Å². The summed E-state index contributed by atoms with van der Waals surface area (Å²) in [6, 6.07) is 28.2. The highest BCUT2D eigenvalue weighted by atomic mass is 15.1. The van der Waals surface area contributed by atoms with Crippen LogP contribution < -0.4 is 0 Å². The molecule has 0 saturated heterocycles. The number of allylic oxidation sites excluding steroid dienone is 2. The lowest BCUT2D eigenvalue weighted by atomic mass is 9.97. The van der Waals surface area contributed by atoms with Crippen LogP contribution in [0, 0.1) is 11.8 Å². The van der Waals surface area contributed by atoms with Crippen LogP contribution in [0.5, 0.6) is 0 Å². The van der Waals surface area contributed by atoms with Gasteiger partial charge in [-0.1, -0.05) is 84.8 Å². The van der Waals surface area contributed by atoms with Gasteiger partial charge in [-0.25, -0.2) is 0 Å². The maximum absolute atomic E-state index is 5.21. The van der Waals surface area contributed by atoms with Crippen molar-refractivity contribution >= 4 is 34.2 Å². The molecule has 0 radical (unpaired) electrons. The summed E-state index contributed by atoms with van der Waals surface area (Å²) in [6.45, 7) is 0. The molecule has 0 fully saturated rings. The van der Waals surface area contributed by atoms with Crippen molar-refractivity contribution in [1.29, 1.82) is 0 Å². The Labute approximate surface area is 217 Å². The van der Waals surface area contributed by atoms with Gasteiger partial charge in [0.15, 0.2) is 6.04 Å². The number of para-hydroxylation sites is 1. The van der Waals surface area contributed by atoms with Crippen LogP contribution in [0.15, 0.2) is 101 Å². The molecule has 3 heteroatoms. The molecular weight excluding hydrogens is 450 g/mol. The Morgan fingerprint density at radius 1 is 0.757 bits per heavy atom. The zero-order valence-corrected chi connectivity index (χ0v) is 20.7. The Balaban J connectivity index is 1.27. The van der Waals surface area contributed by atoms with Crippen molar-refractivity contribution in [3.63, 3.8) is 0 Å². The fourth-order valence-corrected chi connectivity index (χ4v) is 5.49. The van der Waals surface area contributed by atoms with Gasteiger partial charge in [0.25, 0.3) is 0 Å². The summed E-state index contributed by atoms with van der Waals surface area (Å²) >= 11 is 0. The Bertz CT molecular complexity index is 1680. The number of aromatic nitrogens is 1. The van der Waals surface area contributed by atoms with Gasteiger partial charge < -0.3 is 4.57 Å². The Kier molecular flexibility index (Phi) is 5.44. The second-order valence-corrected chi connectivity index (χ2v) is 9.78. The summed E-state index contributed by atoms with van der Waals surface area (Å²) < 4.78 is 2.39. The van der Waals surface area contributed by atoms with E-state index < -0.39 is 0 Å². The molecule has 1 unspecified atom stereocenters. The fraction of sp³-hybridized carbons (Fsp3) is 0.176. The molecular formula is C34H27N3. The van der Waals surface area contributed by atoms with Gasteiger partial charge in [-0.05, 0) is 54.5 Å². The zero-order chi connectivity index (χ0) is 24.6. The quantitative estimate of drug-likeness (QED) is 0.270. The van der Waals surface area contributed by atoms with Gasteiger partial charge in [0.2, 0.25) is 0 Å². The van der Waals surface area contributed by atoms with Gasteiger partial charge in [-0.15, -0.1) is 5.92 Å². The van der Waals surface area contributed by atoms with Crippen LogP contribution in [-0.4, -0.2) is 22.5 Å². The fourth-order valence-electron chi connectivity index (χ4n) is 5.49. The van der Waals surface area contributed by atoms with Crippen molar-refractivity contribution in [1.82, 2.24) is 4.57 Å². The molecule has 3 aromatic carbocycles. The number of hydrogen-bond donors (Lipinski definition) is 0. The number of rotatable bonds is 3. The molecule has 0 saturated carbocycles. The van der Waals surface area contributed by atoms with E-state index in [4.69, 9.17) is 4.99 Å². The average Bonchev–Trinajstić information content (AvgIpc) is 3.33. The first-order chi connectivity index (χ1) is 18.3. The predicted molar refractivity (Wildman–Crippen MR) is 155 cm³/mol. The van der Waals surface area contributed by atoms with Crippen molar-refractivity contribution in [2.24, 2.45) is 9.98 Å². The molecule has 178 valence electrons. The van der Waals surface area contributed by atoms with E-state index in [9.17, 15) is 0 Å². The molecule has 7 rings (SSSR count). The third kappa shape index (κ3) is 3.96. The summed E-state index contributed by atoms with van der Waals surface area (Å²) in [5.74, 6) is 6.81. The van der Waals surface area contributed by atoms with Crippen LogP contribution in [0.1, 0.15) is 48.9 Å². The molecule has 1 aliphatic carbocycles. The molecule has 1 aromatic heterocycles. The van der Waals surface area contributed by atoms with Crippen molar-refractivity contribution in [2.45, 2.75) is 38.1 Å². The molecule has 2 aliphatic heterocycles. The molecule has 3 nitrogen and oxygen atoms in total. The van der Waals surface area contributed by atoms with Crippen molar-refractivity contribution in [2.75, 3.05) is 0 Å². The lowest BCUT2D eigenvalue weighted by molar-refractivity contribution is 0.848. The first-order valence-corrected chi connectivity index (χ1v) is 13.2. The van der Waals surface area contributed by atoms with E-state index in [1.54, 1.807) is 0 Å². The number of benzene rings is 3. The minimum absolute atomic E-state index is 0.137. The lowest BCUT2D eigenvalue weighted by Gasteiger charge is -2.25. The van der Waals surface area contributed by atoms with Crippen LogP contribution in [0.25, 0.3) is 33.4 Å². The highest BCUT2D eigenvalue weighted by Crippen LogP contribution is 2.34. The Morgan fingerprint density at radius 2 is 1.51 bits per heavy atom. The van der Waals surface area contributed by atoms with E-state index in [0.717, 1.165) is 54.8 Å². The van der Waals surface area contributed by atoms with Crippen molar-refractivity contribution in [3.8, 4) is 23.0 Å². The molecule has 0 amide bonds. The van der Waals surface area contributed by atoms with E-state index in [1.807, 2.05) is 6.21 Å². The van der Waals surface area contributed by atoms with Gasteiger partial charge in [0, 0.05) is 23.6 Å². The summed E-state index contributed by atoms with van der Waals surface area (Å²) in [5.41, 5.74) is 10.3. The normalized spacial score (nSPS) is 19.8. The highest BCUT2D eigenvalue weighted by molar-refractivity contribution is 6.16. The third-order valence-corrected chi connectivity index (χ3v) is 7.38. The minimum Gasteiger partial charge on any atom is -0.309 e. The van der Waals surface area contributed by atoms with E-state index in [-0.39, 0.29) is 6.04 Å². The number of aliphatic imine (C=N–C) groups is 2.